The molecule has 0 saturated carbocycles. The topological polar surface area (TPSA) is 38.8 Å². The van der Waals surface area contributed by atoms with Crippen LogP contribution in [0.3, 0.4) is 0 Å². The van der Waals surface area contributed by atoms with E-state index in [1.165, 1.54) is 30.3 Å². The molecule has 1 saturated heterocycles. The van der Waals surface area contributed by atoms with E-state index in [1.807, 2.05) is 11.8 Å². The number of carbonyl (C=O) groups excluding carboxylic acids is 1. The summed E-state index contributed by atoms with van der Waals surface area (Å²) in [7, 11) is 0. The number of hydrogen-bond donors (Lipinski definition) is 0. The Kier molecular flexibility index (Phi) is 4.69. The maximum atomic E-state index is 13.2. The molecule has 2 heterocycles. The van der Waals surface area contributed by atoms with Gasteiger partial charge in [-0.15, -0.1) is 8.78 Å². The van der Waals surface area contributed by atoms with Crippen molar-refractivity contribution in [3.8, 4) is 11.5 Å². The molecule has 2 atom stereocenters. The molecule has 28 heavy (non-hydrogen) atoms. The average molecular weight is 391 g/mol. The Bertz CT molecular complexity index is 885. The van der Waals surface area contributed by atoms with Crippen LogP contribution in [0.2, 0.25) is 0 Å². The van der Waals surface area contributed by atoms with E-state index in [4.69, 9.17) is 0 Å². The first-order valence-electron chi connectivity index (χ1n) is 9.29. The van der Waals surface area contributed by atoms with Gasteiger partial charge in [-0.05, 0) is 68.5 Å². The number of benzene rings is 2. The number of hydrogen-bond acceptors (Lipinski definition) is 3. The van der Waals surface area contributed by atoms with Gasteiger partial charge in [-0.3, -0.25) is 4.79 Å². The highest BCUT2D eigenvalue weighted by atomic mass is 19.3. The summed E-state index contributed by atoms with van der Waals surface area (Å²) < 4.78 is 48.3. The zero-order valence-electron chi connectivity index (χ0n) is 15.3. The largest absolute Gasteiger partial charge is 0.586 e. The maximum absolute atomic E-state index is 13.2. The van der Waals surface area contributed by atoms with E-state index in [9.17, 15) is 18.0 Å². The normalized spacial score (nSPS) is 22.5. The van der Waals surface area contributed by atoms with Crippen molar-refractivity contribution in [2.45, 2.75) is 51.0 Å². The first kappa shape index (κ1) is 18.7. The fraction of sp³-hybridized carbons (Fsp3) is 0.381. The summed E-state index contributed by atoms with van der Waals surface area (Å²) in [5.41, 5.74) is 1.30. The van der Waals surface area contributed by atoms with Gasteiger partial charge in [-0.25, -0.2) is 4.39 Å². The van der Waals surface area contributed by atoms with Crippen LogP contribution in [0.15, 0.2) is 42.5 Å². The minimum absolute atomic E-state index is 0.0411. The van der Waals surface area contributed by atoms with Gasteiger partial charge >= 0.3 is 6.29 Å². The molecule has 0 unspecified atom stereocenters. The molecule has 2 aromatic rings. The van der Waals surface area contributed by atoms with Crippen molar-refractivity contribution in [3.05, 3.63) is 59.4 Å². The summed E-state index contributed by atoms with van der Waals surface area (Å²) in [4.78, 5) is 14.9. The van der Waals surface area contributed by atoms with Crippen LogP contribution in [0.5, 0.6) is 11.5 Å². The molecule has 4 rings (SSSR count). The van der Waals surface area contributed by atoms with Gasteiger partial charge in [0.15, 0.2) is 11.5 Å². The van der Waals surface area contributed by atoms with Crippen LogP contribution in [-0.4, -0.2) is 29.2 Å². The molecular weight excluding hydrogens is 371 g/mol. The molecule has 0 aliphatic carbocycles. The highest BCUT2D eigenvalue weighted by Crippen LogP contribution is 2.41. The molecule has 0 aromatic heterocycles. The van der Waals surface area contributed by atoms with Crippen LogP contribution in [-0.2, 0) is 6.42 Å². The van der Waals surface area contributed by atoms with Crippen LogP contribution in [0.1, 0.15) is 42.1 Å². The van der Waals surface area contributed by atoms with Gasteiger partial charge in [0.1, 0.15) is 5.82 Å². The maximum Gasteiger partial charge on any atom is 0.586 e. The first-order valence-corrected chi connectivity index (χ1v) is 9.29. The quantitative estimate of drug-likeness (QED) is 0.753. The number of nitrogens with zero attached hydrogens (tertiary/aromatic N) is 1. The molecule has 7 heteroatoms. The van der Waals surface area contributed by atoms with Crippen LogP contribution in [0.25, 0.3) is 0 Å². The Labute approximate surface area is 160 Å². The summed E-state index contributed by atoms with van der Waals surface area (Å²) in [5, 5.41) is 0. The summed E-state index contributed by atoms with van der Waals surface area (Å²) in [6.45, 7) is 1.98. The fourth-order valence-electron chi connectivity index (χ4n) is 3.94. The molecule has 0 bridgehead atoms. The number of rotatable bonds is 4. The Morgan fingerprint density at radius 2 is 1.82 bits per heavy atom. The van der Waals surface area contributed by atoms with Crippen molar-refractivity contribution in [3.63, 3.8) is 0 Å². The highest BCUT2D eigenvalue weighted by molar-refractivity contribution is 5.95. The second-order valence-corrected chi connectivity index (χ2v) is 7.29. The first-order chi connectivity index (χ1) is 13.3. The highest BCUT2D eigenvalue weighted by Gasteiger charge is 2.44. The molecule has 4 nitrogen and oxygen atoms in total. The van der Waals surface area contributed by atoms with E-state index in [0.29, 0.717) is 5.56 Å². The Morgan fingerprint density at radius 3 is 2.57 bits per heavy atom. The van der Waals surface area contributed by atoms with Gasteiger partial charge in [-0.1, -0.05) is 12.1 Å². The number of ether oxygens (including phenoxy) is 2. The van der Waals surface area contributed by atoms with Crippen molar-refractivity contribution < 1.29 is 27.4 Å². The van der Waals surface area contributed by atoms with Crippen molar-refractivity contribution in [2.75, 3.05) is 0 Å². The van der Waals surface area contributed by atoms with E-state index < -0.39 is 6.29 Å². The zero-order valence-corrected chi connectivity index (χ0v) is 15.3. The van der Waals surface area contributed by atoms with Crippen LogP contribution < -0.4 is 9.47 Å². The van der Waals surface area contributed by atoms with Crippen LogP contribution >= 0.6 is 0 Å². The molecule has 2 aromatic carbocycles. The third-order valence-electron chi connectivity index (χ3n) is 5.35. The molecule has 0 spiro atoms. The Hall–Kier alpha value is -2.70. The molecule has 148 valence electrons. The van der Waals surface area contributed by atoms with E-state index >= 15 is 0 Å². The molecule has 0 radical (unpaired) electrons. The number of likely N-dealkylation sites (tertiary alicyclic amines) is 1. The molecule has 2 aliphatic rings. The van der Waals surface area contributed by atoms with Gasteiger partial charge in [0.25, 0.3) is 5.91 Å². The minimum Gasteiger partial charge on any atom is -0.395 e. The second-order valence-electron chi connectivity index (χ2n) is 7.29. The van der Waals surface area contributed by atoms with E-state index in [1.54, 1.807) is 12.1 Å². The summed E-state index contributed by atoms with van der Waals surface area (Å²) in [6.07, 6.45) is -0.471. The van der Waals surface area contributed by atoms with Gasteiger partial charge < -0.3 is 14.4 Å². The predicted molar refractivity (Wildman–Crippen MR) is 96.0 cm³/mol. The Morgan fingerprint density at radius 1 is 1.11 bits per heavy atom. The monoisotopic (exact) mass is 391 g/mol. The van der Waals surface area contributed by atoms with E-state index in [2.05, 4.69) is 9.47 Å². The summed E-state index contributed by atoms with van der Waals surface area (Å²) >= 11 is 0. The van der Waals surface area contributed by atoms with Gasteiger partial charge in [-0.2, -0.15) is 0 Å². The summed E-state index contributed by atoms with van der Waals surface area (Å²) in [5.74, 6) is -0.700. The lowest BCUT2D eigenvalue weighted by molar-refractivity contribution is -0.286. The van der Waals surface area contributed by atoms with E-state index in [-0.39, 0.29) is 35.3 Å². The van der Waals surface area contributed by atoms with Crippen molar-refractivity contribution in [2.24, 2.45) is 0 Å². The average Bonchev–Trinajstić information content (AvgIpc) is 3.17. The Balaban J connectivity index is 1.48. The van der Waals surface area contributed by atoms with E-state index in [0.717, 1.165) is 31.2 Å². The number of fused-ring (bicyclic) bond motifs is 1. The molecular formula is C21H20F3NO3. The molecule has 1 amide bonds. The fourth-order valence-corrected chi connectivity index (χ4v) is 3.94. The molecule has 2 aliphatic heterocycles. The number of carbonyl (C=O) groups is 1. The van der Waals surface area contributed by atoms with Crippen LogP contribution in [0.4, 0.5) is 13.2 Å². The van der Waals surface area contributed by atoms with Crippen molar-refractivity contribution in [1.82, 2.24) is 4.90 Å². The third-order valence-corrected chi connectivity index (χ3v) is 5.35. The van der Waals surface area contributed by atoms with Crippen LogP contribution in [0, 0.1) is 5.82 Å². The smallest absolute Gasteiger partial charge is 0.395 e. The number of alkyl halides is 2. The number of amides is 1. The van der Waals surface area contributed by atoms with Gasteiger partial charge in [0, 0.05) is 17.6 Å². The molecule has 0 N–H and O–H groups in total. The van der Waals surface area contributed by atoms with Gasteiger partial charge in [0.2, 0.25) is 0 Å². The van der Waals surface area contributed by atoms with Gasteiger partial charge in [0.05, 0.1) is 0 Å². The lowest BCUT2D eigenvalue weighted by Gasteiger charge is -2.29. The standard InChI is InChI=1S/C21H20F3NO3/c1-13-2-9-17(10-5-14-3-7-16(22)8-4-14)25(13)20(26)15-6-11-18-19(12-15)28-21(23,24)27-18/h3-4,6-8,11-13,17H,2,5,9-10H2,1H3/t13-,17-/m1/s1. The van der Waals surface area contributed by atoms with Crippen molar-refractivity contribution in [1.29, 1.82) is 0 Å². The number of halogens is 3. The lowest BCUT2D eigenvalue weighted by Crippen LogP contribution is -2.40. The second kappa shape index (κ2) is 7.04. The number of aryl methyl sites for hydroxylation is 1. The summed E-state index contributed by atoms with van der Waals surface area (Å²) in [6, 6.07) is 10.6. The van der Waals surface area contributed by atoms with Crippen molar-refractivity contribution >= 4 is 5.91 Å². The third kappa shape index (κ3) is 3.66. The molecule has 1 fully saturated rings. The zero-order chi connectivity index (χ0) is 19.9. The minimum atomic E-state index is -3.71. The SMILES string of the molecule is C[C@@H]1CC[C@H](CCc2ccc(F)cc2)N1C(=O)c1ccc2c(c1)OC(F)(F)O2. The lowest BCUT2D eigenvalue weighted by atomic mass is 10.0. The predicted octanol–water partition coefficient (Wildman–Crippen LogP) is 4.77.